The number of Topliss-reactive ketones (excluding diaryl/α,β-unsaturated/α-hetero) is 1. The highest BCUT2D eigenvalue weighted by molar-refractivity contribution is 6.34. The zero-order valence-corrected chi connectivity index (χ0v) is 20.4. The fourth-order valence-electron chi connectivity index (χ4n) is 4.15. The summed E-state index contributed by atoms with van der Waals surface area (Å²) in [5.74, 6) is -1.05. The van der Waals surface area contributed by atoms with Crippen LogP contribution in [0.5, 0.6) is 0 Å². The minimum atomic E-state index is -0.527. The zero-order valence-electron chi connectivity index (χ0n) is 19.7. The van der Waals surface area contributed by atoms with Gasteiger partial charge < -0.3 is 20.7 Å². The highest BCUT2D eigenvalue weighted by atomic mass is 35.5. The molecule has 3 aromatic rings. The molecular weight excluding hydrogens is 482 g/mol. The fourth-order valence-corrected chi connectivity index (χ4v) is 4.40. The average Bonchev–Trinajstić information content (AvgIpc) is 3.36. The monoisotopic (exact) mass is 509 g/mol. The van der Waals surface area contributed by atoms with Gasteiger partial charge in [0, 0.05) is 37.3 Å². The number of carbonyl (C=O) groups excluding carboxylic acids is 3. The summed E-state index contributed by atoms with van der Waals surface area (Å²) in [5, 5.41) is 15.7. The summed E-state index contributed by atoms with van der Waals surface area (Å²) in [6.45, 7) is 2.49. The Hall–Kier alpha value is -3.53. The molecule has 0 saturated carbocycles. The Bertz CT molecular complexity index is 1230. The van der Waals surface area contributed by atoms with Gasteiger partial charge in [-0.3, -0.25) is 19.3 Å². The summed E-state index contributed by atoms with van der Waals surface area (Å²) < 4.78 is 0. The number of amides is 2. The van der Waals surface area contributed by atoms with Gasteiger partial charge in [0.1, 0.15) is 5.69 Å². The molecule has 1 saturated heterocycles. The van der Waals surface area contributed by atoms with Gasteiger partial charge in [0.25, 0.3) is 11.8 Å². The number of aliphatic hydroxyl groups excluding tert-OH is 1. The molecule has 0 aliphatic carbocycles. The number of likely N-dealkylation sites (tertiary alicyclic amines) is 1. The van der Waals surface area contributed by atoms with Crippen molar-refractivity contribution in [3.8, 4) is 0 Å². The maximum absolute atomic E-state index is 12.8. The summed E-state index contributed by atoms with van der Waals surface area (Å²) >= 11 is 6.10. The van der Waals surface area contributed by atoms with Crippen LogP contribution in [0.2, 0.25) is 5.02 Å². The van der Waals surface area contributed by atoms with E-state index < -0.39 is 11.8 Å². The molecule has 0 bridgehead atoms. The number of benzene rings is 2. The van der Waals surface area contributed by atoms with Crippen molar-refractivity contribution in [2.75, 3.05) is 31.5 Å². The van der Waals surface area contributed by atoms with Gasteiger partial charge in [0.2, 0.25) is 0 Å². The van der Waals surface area contributed by atoms with Crippen molar-refractivity contribution in [2.24, 2.45) is 0 Å². The van der Waals surface area contributed by atoms with Crippen molar-refractivity contribution >= 4 is 34.9 Å². The van der Waals surface area contributed by atoms with Crippen LogP contribution in [0.4, 0.5) is 5.69 Å². The van der Waals surface area contributed by atoms with E-state index in [1.807, 2.05) is 0 Å². The second-order valence-electron chi connectivity index (χ2n) is 8.71. The number of aromatic amines is 1. The standard InChI is InChI=1S/C26H28ClN5O4/c27-21-6-2-1-5-20(21)22(34)14-17-7-9-18(10-8-17)31-26(36)24-23(29-16-30-24)25(35)28-11-13-32-12-3-4-19(33)15-32/h1-2,5-10,16,19,33H,3-4,11-15H2,(H,28,35)(H,29,30)(H,31,36). The van der Waals surface area contributed by atoms with E-state index in [2.05, 4.69) is 25.5 Å². The van der Waals surface area contributed by atoms with Crippen molar-refractivity contribution in [1.29, 1.82) is 0 Å². The lowest BCUT2D eigenvalue weighted by molar-refractivity contribution is 0.0702. The highest BCUT2D eigenvalue weighted by Gasteiger charge is 2.22. The number of rotatable bonds is 9. The largest absolute Gasteiger partial charge is 0.392 e. The SMILES string of the molecule is O=C(Cc1ccc(NC(=O)c2nc[nH]c2C(=O)NCCN2CCCC(O)C2)cc1)c1ccccc1Cl. The van der Waals surface area contributed by atoms with Gasteiger partial charge in [-0.1, -0.05) is 35.9 Å². The molecule has 1 aromatic heterocycles. The molecule has 10 heteroatoms. The normalized spacial score (nSPS) is 15.9. The number of anilines is 1. The Labute approximate surface area is 213 Å². The number of ketones is 1. The number of β-amino-alcohol motifs (C(OH)–C–C–N with tert-alkyl or cyclic N) is 1. The lowest BCUT2D eigenvalue weighted by Crippen LogP contribution is -2.42. The fraction of sp³-hybridized carbons (Fsp3) is 0.308. The smallest absolute Gasteiger partial charge is 0.276 e. The number of imidazole rings is 1. The number of hydrogen-bond acceptors (Lipinski definition) is 6. The summed E-state index contributed by atoms with van der Waals surface area (Å²) in [5.41, 5.74) is 1.81. The summed E-state index contributed by atoms with van der Waals surface area (Å²) in [4.78, 5) is 46.7. The van der Waals surface area contributed by atoms with Crippen LogP contribution in [0.1, 0.15) is 49.7 Å². The Morgan fingerprint density at radius 2 is 1.89 bits per heavy atom. The number of carbonyl (C=O) groups is 3. The predicted octanol–water partition coefficient (Wildman–Crippen LogP) is 2.93. The summed E-state index contributed by atoms with van der Waals surface area (Å²) in [6.07, 6.45) is 2.89. The van der Waals surface area contributed by atoms with E-state index in [0.29, 0.717) is 35.9 Å². The number of piperidine rings is 1. The molecule has 2 aromatic carbocycles. The first-order valence-electron chi connectivity index (χ1n) is 11.8. The molecule has 1 aliphatic heterocycles. The highest BCUT2D eigenvalue weighted by Crippen LogP contribution is 2.19. The van der Waals surface area contributed by atoms with Crippen LogP contribution in [0.25, 0.3) is 0 Å². The molecule has 188 valence electrons. The Morgan fingerprint density at radius 1 is 1.11 bits per heavy atom. The van der Waals surface area contributed by atoms with Crippen molar-refractivity contribution in [2.45, 2.75) is 25.4 Å². The van der Waals surface area contributed by atoms with Crippen molar-refractivity contribution in [3.05, 3.63) is 82.4 Å². The van der Waals surface area contributed by atoms with Gasteiger partial charge in [-0.2, -0.15) is 0 Å². The van der Waals surface area contributed by atoms with Gasteiger partial charge in [-0.25, -0.2) is 4.98 Å². The summed E-state index contributed by atoms with van der Waals surface area (Å²) in [7, 11) is 0. The van der Waals surface area contributed by atoms with Crippen LogP contribution >= 0.6 is 11.6 Å². The lowest BCUT2D eigenvalue weighted by Gasteiger charge is -2.29. The van der Waals surface area contributed by atoms with Gasteiger partial charge in [-0.15, -0.1) is 0 Å². The number of aromatic nitrogens is 2. The molecule has 2 amide bonds. The van der Waals surface area contributed by atoms with E-state index in [4.69, 9.17) is 11.6 Å². The van der Waals surface area contributed by atoms with Gasteiger partial charge >= 0.3 is 0 Å². The number of aliphatic hydroxyl groups is 1. The number of nitrogens with one attached hydrogen (secondary N) is 3. The van der Waals surface area contributed by atoms with Crippen LogP contribution in [-0.2, 0) is 6.42 Å². The van der Waals surface area contributed by atoms with Crippen LogP contribution in [-0.4, -0.2) is 69.9 Å². The second kappa shape index (κ2) is 11.9. The second-order valence-corrected chi connectivity index (χ2v) is 9.12. The van der Waals surface area contributed by atoms with E-state index >= 15 is 0 Å². The Balaban J connectivity index is 1.30. The van der Waals surface area contributed by atoms with E-state index in [-0.39, 0.29) is 29.7 Å². The molecule has 1 unspecified atom stereocenters. The molecule has 9 nitrogen and oxygen atoms in total. The van der Waals surface area contributed by atoms with Crippen molar-refractivity contribution in [1.82, 2.24) is 20.2 Å². The third-order valence-corrected chi connectivity index (χ3v) is 6.36. The summed E-state index contributed by atoms with van der Waals surface area (Å²) in [6, 6.07) is 13.8. The topological polar surface area (TPSA) is 127 Å². The number of halogens is 1. The van der Waals surface area contributed by atoms with E-state index in [1.54, 1.807) is 48.5 Å². The number of nitrogens with zero attached hydrogens (tertiary/aromatic N) is 2. The minimum Gasteiger partial charge on any atom is -0.392 e. The van der Waals surface area contributed by atoms with Gasteiger partial charge in [-0.05, 0) is 49.2 Å². The molecule has 36 heavy (non-hydrogen) atoms. The predicted molar refractivity (Wildman–Crippen MR) is 136 cm³/mol. The first-order valence-corrected chi connectivity index (χ1v) is 12.2. The van der Waals surface area contributed by atoms with Crippen molar-refractivity contribution < 1.29 is 19.5 Å². The molecule has 1 aliphatic rings. The molecule has 0 radical (unpaired) electrons. The number of hydrogen-bond donors (Lipinski definition) is 4. The van der Waals surface area contributed by atoms with E-state index in [1.165, 1.54) is 6.33 Å². The minimum absolute atomic E-state index is 0.0149. The molecule has 0 spiro atoms. The molecule has 2 heterocycles. The van der Waals surface area contributed by atoms with Crippen LogP contribution < -0.4 is 10.6 Å². The van der Waals surface area contributed by atoms with Crippen LogP contribution in [0.15, 0.2) is 54.9 Å². The molecular formula is C26H28ClN5O4. The van der Waals surface area contributed by atoms with E-state index in [9.17, 15) is 19.5 Å². The van der Waals surface area contributed by atoms with Crippen molar-refractivity contribution in [3.63, 3.8) is 0 Å². The Kier molecular flexibility index (Phi) is 8.48. The lowest BCUT2D eigenvalue weighted by atomic mass is 10.0. The molecule has 4 rings (SSSR count). The van der Waals surface area contributed by atoms with Crippen LogP contribution in [0.3, 0.4) is 0 Å². The molecule has 1 atom stereocenters. The Morgan fingerprint density at radius 3 is 2.64 bits per heavy atom. The quantitative estimate of drug-likeness (QED) is 0.328. The maximum atomic E-state index is 12.8. The molecule has 1 fully saturated rings. The number of H-pyrrole nitrogens is 1. The molecule has 4 N–H and O–H groups in total. The maximum Gasteiger partial charge on any atom is 0.276 e. The van der Waals surface area contributed by atoms with Gasteiger partial charge in [0.15, 0.2) is 11.5 Å². The average molecular weight is 510 g/mol. The van der Waals surface area contributed by atoms with Crippen LogP contribution in [0, 0.1) is 0 Å². The van der Waals surface area contributed by atoms with Gasteiger partial charge in [0.05, 0.1) is 17.5 Å². The first kappa shape index (κ1) is 25.6. The first-order chi connectivity index (χ1) is 17.4. The third kappa shape index (κ3) is 6.57. The van der Waals surface area contributed by atoms with E-state index in [0.717, 1.165) is 24.9 Å². The third-order valence-electron chi connectivity index (χ3n) is 6.03. The zero-order chi connectivity index (χ0) is 25.5.